The molecule has 9 aliphatic rings. The van der Waals surface area contributed by atoms with E-state index in [0.29, 0.717) is 32.1 Å². The predicted octanol–water partition coefficient (Wildman–Crippen LogP) is -0.665. The molecule has 0 aromatic carbocycles. The number of rotatable bonds is 12. The molecule has 26 atom stereocenters. The second-order valence-corrected chi connectivity index (χ2v) is 25.3. The van der Waals surface area contributed by atoms with Crippen LogP contribution in [0.5, 0.6) is 0 Å². The topological polar surface area (TPSA) is 351 Å². The normalized spacial score (nSPS) is 52.7. The van der Waals surface area contributed by atoms with Crippen LogP contribution in [-0.4, -0.2) is 210 Å². The van der Waals surface area contributed by atoms with Crippen molar-refractivity contribution >= 4 is 11.9 Å². The largest absolute Gasteiger partial charge is 0.479 e. The quantitative estimate of drug-likeness (QED) is 0.0655. The zero-order valence-electron chi connectivity index (χ0n) is 43.4. The van der Waals surface area contributed by atoms with E-state index >= 15 is 0 Å². The fraction of sp³-hybridized carbons (Fsp3) is 0.923. The van der Waals surface area contributed by atoms with Crippen molar-refractivity contribution in [2.24, 2.45) is 50.2 Å². The van der Waals surface area contributed by atoms with Crippen LogP contribution in [0.2, 0.25) is 0 Å². The lowest BCUT2D eigenvalue weighted by Gasteiger charge is -2.71. The molecule has 5 aliphatic carbocycles. The maximum atomic E-state index is 14.7. The van der Waals surface area contributed by atoms with Crippen LogP contribution >= 0.6 is 0 Å². The number of carbonyl (C=O) groups excluding carboxylic acids is 1. The monoisotopic (exact) mass is 1060 g/mol. The Hall–Kier alpha value is -2.04. The van der Waals surface area contributed by atoms with Gasteiger partial charge in [0.1, 0.15) is 79.4 Å². The smallest absolute Gasteiger partial charge is 0.335 e. The summed E-state index contributed by atoms with van der Waals surface area (Å²) in [6.07, 6.45) is -21.1. The molecule has 12 N–H and O–H groups in total. The minimum atomic E-state index is -1.97. The number of aliphatic hydroxyl groups is 11. The van der Waals surface area contributed by atoms with Crippen LogP contribution in [0, 0.1) is 50.2 Å². The Bertz CT molecular complexity index is 2090. The van der Waals surface area contributed by atoms with E-state index in [9.17, 15) is 70.9 Å². The molecule has 422 valence electrons. The molecule has 22 nitrogen and oxygen atoms in total. The Morgan fingerprint density at radius 1 is 0.581 bits per heavy atom. The Labute approximate surface area is 430 Å². The maximum Gasteiger partial charge on any atom is 0.335 e. The van der Waals surface area contributed by atoms with Crippen LogP contribution < -0.4 is 0 Å². The number of hydrogen-bond acceptors (Lipinski definition) is 21. The van der Waals surface area contributed by atoms with Crippen LogP contribution in [0.4, 0.5) is 0 Å². The molecule has 0 unspecified atom stereocenters. The molecule has 74 heavy (non-hydrogen) atoms. The van der Waals surface area contributed by atoms with E-state index < -0.39 is 159 Å². The Balaban J connectivity index is 0.964. The van der Waals surface area contributed by atoms with Gasteiger partial charge in [0.25, 0.3) is 0 Å². The van der Waals surface area contributed by atoms with Gasteiger partial charge in [-0.1, -0.05) is 60.1 Å². The molecular formula is C52H82O22. The van der Waals surface area contributed by atoms with Gasteiger partial charge in [0, 0.05) is 0 Å². The molecule has 0 aromatic rings. The molecule has 9 rings (SSSR count). The molecule has 0 spiro atoms. The number of allylic oxidation sites excluding steroid dienone is 2. The van der Waals surface area contributed by atoms with Crippen molar-refractivity contribution in [2.75, 3.05) is 19.8 Å². The summed E-state index contributed by atoms with van der Waals surface area (Å²) in [6, 6.07) is 0. The number of carboxylic acids is 1. The van der Waals surface area contributed by atoms with Crippen LogP contribution in [-0.2, 0) is 47.5 Å². The zero-order valence-corrected chi connectivity index (χ0v) is 43.4. The minimum Gasteiger partial charge on any atom is -0.479 e. The van der Waals surface area contributed by atoms with Crippen molar-refractivity contribution in [3.8, 4) is 0 Å². The molecule has 8 fully saturated rings. The summed E-state index contributed by atoms with van der Waals surface area (Å²) in [6.45, 7) is 13.7. The molecule has 0 radical (unpaired) electrons. The molecule has 4 heterocycles. The second kappa shape index (κ2) is 20.3. The van der Waals surface area contributed by atoms with E-state index in [1.54, 1.807) is 0 Å². The zero-order chi connectivity index (χ0) is 54.0. The number of aliphatic carboxylic acids is 1. The summed E-state index contributed by atoms with van der Waals surface area (Å²) >= 11 is 0. The summed E-state index contributed by atoms with van der Waals surface area (Å²) < 4.78 is 47.5. The lowest BCUT2D eigenvalue weighted by atomic mass is 9.33. The van der Waals surface area contributed by atoms with E-state index in [2.05, 4.69) is 54.5 Å². The summed E-state index contributed by atoms with van der Waals surface area (Å²) in [4.78, 5) is 27.8. The summed E-state index contributed by atoms with van der Waals surface area (Å²) in [5.74, 6) is -2.05. The van der Waals surface area contributed by atoms with Crippen molar-refractivity contribution in [3.05, 3.63) is 11.6 Å². The van der Waals surface area contributed by atoms with Gasteiger partial charge in [-0.15, -0.1) is 0 Å². The molecule has 22 heteroatoms. The third-order valence-corrected chi connectivity index (χ3v) is 20.7. The van der Waals surface area contributed by atoms with Crippen LogP contribution in [0.25, 0.3) is 0 Å². The number of hydrogen-bond donors (Lipinski definition) is 12. The second-order valence-electron chi connectivity index (χ2n) is 25.3. The SMILES string of the molecule is CC1(C)CC[C@]2(C(=O)O[C@@H]3O[C@H](CO)[C@@H](O)[C@H](O)[C@H]3O)CC[C@]3(C)C(=CC[C@@H]4[C@@]5(C)CC[C@H](O[C@@H]6O[C@H](C(=O)O)[C@@H](O[C@@H]7O[C@H](CO)[C@@H](O)[C@@H]7O)[C@H](O[C@H]7O[C@@H](CO)[C@@H](O)[C@@H]7O)[C@H]6O)C(C)(C)[C@@H]5CC[C@]43C)[C@@H]2C1. The van der Waals surface area contributed by atoms with Crippen molar-refractivity contribution in [3.63, 3.8) is 0 Å². The van der Waals surface area contributed by atoms with E-state index in [-0.39, 0.29) is 39.4 Å². The molecule has 4 saturated carbocycles. The third kappa shape index (κ3) is 8.94. The van der Waals surface area contributed by atoms with Gasteiger partial charge in [-0.3, -0.25) is 4.79 Å². The maximum absolute atomic E-state index is 14.7. The standard InChI is InChI=1S/C52H82O22/c1-47(2)14-16-52(46(66)74-44-36(62)33(59)30(56)24(19-53)69-44)17-15-50(6)22(23(52)18-47)8-9-28-49(5)12-11-29(48(3,4)27(49)10-13-51(28,50)7)70-45-37(63)38(71-42-34(60)31(57)25(20-54)67-42)39(40(73-45)41(64)65)72-43-35(61)32(58)26(21-55)68-43/h8,23-40,42-45,53-63H,9-21H2,1-7H3,(H,64,65)/t23-,24+,25-,26+,27-,28+,29-,30+,31+,32+,33-,34-,35-,36+,37+,38+,39-,40-,42+,43-,44-,45+,49-,50+,51+,52-/m0/s1. The summed E-state index contributed by atoms with van der Waals surface area (Å²) in [5.41, 5.74) is -1.20. The summed E-state index contributed by atoms with van der Waals surface area (Å²) in [5, 5.41) is 127. The highest BCUT2D eigenvalue weighted by atomic mass is 16.8. The first-order valence-electron chi connectivity index (χ1n) is 26.6. The van der Waals surface area contributed by atoms with Crippen molar-refractivity contribution in [1.29, 1.82) is 0 Å². The van der Waals surface area contributed by atoms with Crippen LogP contribution in [0.1, 0.15) is 113 Å². The Morgan fingerprint density at radius 3 is 1.69 bits per heavy atom. The number of aliphatic hydroxyl groups excluding tert-OH is 11. The predicted molar refractivity (Wildman–Crippen MR) is 251 cm³/mol. The lowest BCUT2D eigenvalue weighted by molar-refractivity contribution is -0.360. The van der Waals surface area contributed by atoms with Gasteiger partial charge < -0.3 is 99.2 Å². The Kier molecular flexibility index (Phi) is 15.5. The van der Waals surface area contributed by atoms with E-state index in [4.69, 9.17) is 37.9 Å². The third-order valence-electron chi connectivity index (χ3n) is 20.7. The minimum absolute atomic E-state index is 0.0557. The van der Waals surface area contributed by atoms with Crippen LogP contribution in [0.15, 0.2) is 11.6 Å². The fourth-order valence-electron chi connectivity index (χ4n) is 16.1. The highest BCUT2D eigenvalue weighted by Gasteiger charge is 2.70. The molecule has 0 aromatic heterocycles. The Morgan fingerprint density at radius 2 is 1.11 bits per heavy atom. The molecular weight excluding hydrogens is 977 g/mol. The van der Waals surface area contributed by atoms with Gasteiger partial charge in [-0.2, -0.15) is 0 Å². The average Bonchev–Trinajstić information content (AvgIpc) is 3.78. The van der Waals surface area contributed by atoms with Gasteiger partial charge in [-0.25, -0.2) is 4.79 Å². The van der Waals surface area contributed by atoms with Gasteiger partial charge in [0.15, 0.2) is 25.0 Å². The molecule has 0 amide bonds. The first kappa shape index (κ1) is 56.7. The number of ether oxygens (including phenoxy) is 8. The van der Waals surface area contributed by atoms with E-state index in [1.807, 2.05) is 0 Å². The van der Waals surface area contributed by atoms with Crippen molar-refractivity contribution in [1.82, 2.24) is 0 Å². The van der Waals surface area contributed by atoms with E-state index in [0.717, 1.165) is 32.1 Å². The highest BCUT2D eigenvalue weighted by molar-refractivity contribution is 5.79. The van der Waals surface area contributed by atoms with Gasteiger partial charge in [0.05, 0.1) is 31.3 Å². The van der Waals surface area contributed by atoms with E-state index in [1.165, 1.54) is 5.57 Å². The number of esters is 1. The van der Waals surface area contributed by atoms with Gasteiger partial charge >= 0.3 is 11.9 Å². The lowest BCUT2D eigenvalue weighted by Crippen LogP contribution is -2.67. The first-order chi connectivity index (χ1) is 34.6. The molecule has 4 saturated heterocycles. The summed E-state index contributed by atoms with van der Waals surface area (Å²) in [7, 11) is 0. The van der Waals surface area contributed by atoms with Crippen molar-refractivity contribution < 1.29 is 109 Å². The number of carbonyl (C=O) groups is 2. The van der Waals surface area contributed by atoms with Crippen molar-refractivity contribution in [2.45, 2.75) is 229 Å². The average molecular weight is 1060 g/mol. The number of fused-ring (bicyclic) bond motifs is 7. The first-order valence-corrected chi connectivity index (χ1v) is 26.6. The van der Waals surface area contributed by atoms with Crippen LogP contribution in [0.3, 0.4) is 0 Å². The molecule has 4 aliphatic heterocycles. The highest BCUT2D eigenvalue weighted by Crippen LogP contribution is 2.76. The number of carboxylic acid groups (broad SMARTS) is 1. The molecule has 0 bridgehead atoms. The fourth-order valence-corrected chi connectivity index (χ4v) is 16.1. The van der Waals surface area contributed by atoms with Gasteiger partial charge in [0.2, 0.25) is 6.29 Å². The van der Waals surface area contributed by atoms with Gasteiger partial charge in [-0.05, 0) is 109 Å².